The molecule has 0 aliphatic rings. The number of aryl methyl sites for hydroxylation is 1. The average Bonchev–Trinajstić information content (AvgIpc) is 3.00. The van der Waals surface area contributed by atoms with Gasteiger partial charge < -0.3 is 26.6 Å². The summed E-state index contributed by atoms with van der Waals surface area (Å²) in [5, 5.41) is 13.6. The van der Waals surface area contributed by atoms with Crippen LogP contribution in [0.4, 0.5) is 0 Å². The van der Waals surface area contributed by atoms with Gasteiger partial charge in [0.25, 0.3) is 0 Å². The zero-order chi connectivity index (χ0) is 32.5. The van der Waals surface area contributed by atoms with Gasteiger partial charge in [0.15, 0.2) is 0 Å². The molecular formula is C33H43N5O5S. The predicted molar refractivity (Wildman–Crippen MR) is 173 cm³/mol. The number of terminal acetylenes is 1. The van der Waals surface area contributed by atoms with Gasteiger partial charge in [-0.05, 0) is 30.4 Å². The van der Waals surface area contributed by atoms with E-state index in [0.29, 0.717) is 0 Å². The summed E-state index contributed by atoms with van der Waals surface area (Å²) in [5.41, 5.74) is 2.87. The molecule has 3 atom stereocenters. The summed E-state index contributed by atoms with van der Waals surface area (Å²) in [7, 11) is 0. The molecule has 0 fully saturated rings. The largest absolute Gasteiger partial charge is 0.353 e. The summed E-state index contributed by atoms with van der Waals surface area (Å²) in [6.07, 6.45) is 5.92. The summed E-state index contributed by atoms with van der Waals surface area (Å²) >= 11 is 3.92. The Labute approximate surface area is 265 Å². The number of hydrogen-bond donors (Lipinski definition) is 6. The second-order valence-corrected chi connectivity index (χ2v) is 11.2. The smallest absolute Gasteiger partial charge is 0.245 e. The summed E-state index contributed by atoms with van der Waals surface area (Å²) in [5.74, 6) is -0.217. The Morgan fingerprint density at radius 3 is 2.02 bits per heavy atom. The lowest BCUT2D eigenvalue weighted by Crippen LogP contribution is -2.59. The lowest BCUT2D eigenvalue weighted by Gasteiger charge is -2.26. The summed E-state index contributed by atoms with van der Waals surface area (Å²) in [6, 6.07) is 14.0. The molecule has 0 aromatic heterocycles. The molecule has 2 aromatic rings. The number of carbonyl (C=O) groups is 5. The average molecular weight is 622 g/mol. The van der Waals surface area contributed by atoms with Gasteiger partial charge in [-0.15, -0.1) is 12.3 Å². The van der Waals surface area contributed by atoms with Crippen molar-refractivity contribution in [2.75, 3.05) is 12.3 Å². The molecule has 0 unspecified atom stereocenters. The molecule has 0 radical (unpaired) electrons. The maximum Gasteiger partial charge on any atom is 0.245 e. The first-order chi connectivity index (χ1) is 21.0. The number of hydrogen-bond acceptors (Lipinski definition) is 6. The molecule has 5 N–H and O–H groups in total. The van der Waals surface area contributed by atoms with E-state index < -0.39 is 41.8 Å². The minimum absolute atomic E-state index is 0.00143. The van der Waals surface area contributed by atoms with Gasteiger partial charge in [0, 0.05) is 32.4 Å². The van der Waals surface area contributed by atoms with E-state index in [4.69, 9.17) is 6.42 Å². The van der Waals surface area contributed by atoms with Crippen molar-refractivity contribution in [1.82, 2.24) is 26.6 Å². The van der Waals surface area contributed by atoms with Crippen LogP contribution in [0.25, 0.3) is 0 Å². The molecule has 0 bridgehead atoms. The number of rotatable bonds is 17. The molecule has 0 aliphatic carbocycles. The van der Waals surface area contributed by atoms with Gasteiger partial charge in [-0.3, -0.25) is 24.0 Å². The first-order valence-electron chi connectivity index (χ1n) is 14.6. The van der Waals surface area contributed by atoms with Gasteiger partial charge in [-0.1, -0.05) is 74.0 Å². The Morgan fingerprint density at radius 1 is 0.773 bits per heavy atom. The van der Waals surface area contributed by atoms with E-state index in [9.17, 15) is 24.0 Å². The van der Waals surface area contributed by atoms with Crippen molar-refractivity contribution >= 4 is 42.2 Å². The van der Waals surface area contributed by atoms with Crippen molar-refractivity contribution in [2.24, 2.45) is 5.92 Å². The van der Waals surface area contributed by atoms with Crippen LogP contribution in [0, 0.1) is 25.2 Å². The van der Waals surface area contributed by atoms with Crippen molar-refractivity contribution in [3.8, 4) is 12.3 Å². The highest BCUT2D eigenvalue weighted by Crippen LogP contribution is 2.09. The van der Waals surface area contributed by atoms with Crippen LogP contribution in [0.15, 0.2) is 54.6 Å². The van der Waals surface area contributed by atoms with Gasteiger partial charge in [0.05, 0.1) is 5.75 Å². The molecule has 44 heavy (non-hydrogen) atoms. The van der Waals surface area contributed by atoms with Crippen LogP contribution in [0.5, 0.6) is 0 Å². The second kappa shape index (κ2) is 19.1. The van der Waals surface area contributed by atoms with Gasteiger partial charge in [0.1, 0.15) is 18.1 Å². The number of benzene rings is 2. The van der Waals surface area contributed by atoms with Crippen LogP contribution < -0.4 is 26.6 Å². The Kier molecular flexibility index (Phi) is 15.6. The normalized spacial score (nSPS) is 12.6. The lowest BCUT2D eigenvalue weighted by atomic mass is 10.0. The van der Waals surface area contributed by atoms with Gasteiger partial charge in [0.2, 0.25) is 29.5 Å². The third-order valence-corrected chi connectivity index (χ3v) is 6.93. The van der Waals surface area contributed by atoms with Crippen LogP contribution in [0.1, 0.15) is 49.8 Å². The Hall–Kier alpha value is -4.30. The quantitative estimate of drug-likeness (QED) is 0.118. The van der Waals surface area contributed by atoms with E-state index in [1.807, 2.05) is 75.4 Å². The highest BCUT2D eigenvalue weighted by molar-refractivity contribution is 7.81. The van der Waals surface area contributed by atoms with Crippen molar-refractivity contribution in [3.63, 3.8) is 0 Å². The number of carbonyl (C=O) groups excluding carboxylic acids is 5. The molecule has 236 valence electrons. The molecular weight excluding hydrogens is 578 g/mol. The fourth-order valence-corrected chi connectivity index (χ4v) is 4.37. The van der Waals surface area contributed by atoms with E-state index >= 15 is 0 Å². The molecule has 5 amide bonds. The summed E-state index contributed by atoms with van der Waals surface area (Å²) in [6.45, 7) is 5.85. The third kappa shape index (κ3) is 13.3. The van der Waals surface area contributed by atoms with Crippen LogP contribution in [0.3, 0.4) is 0 Å². The monoisotopic (exact) mass is 621 g/mol. The van der Waals surface area contributed by atoms with Crippen molar-refractivity contribution < 1.29 is 24.0 Å². The van der Waals surface area contributed by atoms with E-state index in [-0.39, 0.29) is 56.4 Å². The van der Waals surface area contributed by atoms with Gasteiger partial charge in [-0.25, -0.2) is 0 Å². The van der Waals surface area contributed by atoms with Crippen LogP contribution in [-0.2, 0) is 36.9 Å². The molecule has 0 saturated carbocycles. The maximum atomic E-state index is 13.6. The topological polar surface area (TPSA) is 146 Å². The highest BCUT2D eigenvalue weighted by atomic mass is 32.1. The number of thiol groups is 1. The molecule has 2 aromatic carbocycles. The molecule has 2 rings (SSSR count). The molecule has 10 nitrogen and oxygen atoms in total. The summed E-state index contributed by atoms with van der Waals surface area (Å²) in [4.78, 5) is 64.5. The fourth-order valence-electron chi connectivity index (χ4n) is 4.26. The van der Waals surface area contributed by atoms with Crippen molar-refractivity contribution in [2.45, 2.75) is 71.1 Å². The molecule has 0 aliphatic heterocycles. The van der Waals surface area contributed by atoms with Gasteiger partial charge in [-0.2, -0.15) is 12.6 Å². The van der Waals surface area contributed by atoms with Crippen molar-refractivity contribution in [3.05, 3.63) is 71.3 Å². The molecule has 0 heterocycles. The fraction of sp³-hybridized carbons (Fsp3) is 0.424. The second-order valence-electron chi connectivity index (χ2n) is 10.9. The van der Waals surface area contributed by atoms with E-state index in [2.05, 4.69) is 45.1 Å². The zero-order valence-electron chi connectivity index (χ0n) is 25.5. The van der Waals surface area contributed by atoms with Crippen LogP contribution >= 0.6 is 12.6 Å². The first kappa shape index (κ1) is 35.9. The van der Waals surface area contributed by atoms with Crippen molar-refractivity contribution in [1.29, 1.82) is 0 Å². The van der Waals surface area contributed by atoms with Crippen LogP contribution in [-0.4, -0.2) is 60.0 Å². The van der Waals surface area contributed by atoms with E-state index in [1.165, 1.54) is 0 Å². The van der Waals surface area contributed by atoms with Gasteiger partial charge >= 0.3 is 0 Å². The highest BCUT2D eigenvalue weighted by Gasteiger charge is 2.30. The Morgan fingerprint density at radius 2 is 1.41 bits per heavy atom. The molecule has 11 heteroatoms. The lowest BCUT2D eigenvalue weighted by molar-refractivity contribution is -0.134. The predicted octanol–water partition coefficient (Wildman–Crippen LogP) is 1.81. The number of nitrogens with one attached hydrogen (secondary N) is 5. The molecule has 0 saturated heterocycles. The first-order valence-corrected chi connectivity index (χ1v) is 15.2. The number of amides is 5. The third-order valence-electron chi connectivity index (χ3n) is 6.64. The summed E-state index contributed by atoms with van der Waals surface area (Å²) < 4.78 is 0. The van der Waals surface area contributed by atoms with E-state index in [0.717, 1.165) is 16.7 Å². The Balaban J connectivity index is 2.22. The molecule has 0 spiro atoms. The minimum atomic E-state index is -1.16. The SMILES string of the molecule is C#CCCC(=O)N[C@@H](CNC(=O)CS)C(=O)N[C@@H](CC(C)C)C(=O)N[C@H](Cc1ccccc1)C(=O)NCc1ccc(C)cc1. The standard InChI is InChI=1S/C33H43N5O5S/c1-5-6-12-29(39)36-28(20-34-30(40)21-44)33(43)37-26(17-22(2)3)32(42)38-27(18-24-10-8-7-9-11-24)31(41)35-19-25-15-13-23(4)14-16-25/h1,7-11,13-16,22,26-28,44H,6,12,17-21H2,2-4H3,(H,34,40)(H,35,41)(H,36,39)(H,37,43)(H,38,42)/t26-,27+,28-/m0/s1. The zero-order valence-corrected chi connectivity index (χ0v) is 26.4. The van der Waals surface area contributed by atoms with Crippen LogP contribution in [0.2, 0.25) is 0 Å². The maximum absolute atomic E-state index is 13.6. The minimum Gasteiger partial charge on any atom is -0.353 e. The Bertz CT molecular complexity index is 1290. The van der Waals surface area contributed by atoms with E-state index in [1.54, 1.807) is 0 Å².